The summed E-state index contributed by atoms with van der Waals surface area (Å²) in [5.41, 5.74) is 3.53. The van der Waals surface area contributed by atoms with Gasteiger partial charge in [-0.15, -0.1) is 0 Å². The molecule has 0 N–H and O–H groups in total. The summed E-state index contributed by atoms with van der Waals surface area (Å²) in [5, 5.41) is 0. The largest absolute Gasteiger partial charge is 0.493 e. The van der Waals surface area contributed by atoms with Crippen molar-refractivity contribution in [1.29, 1.82) is 0 Å². The molecule has 2 aromatic carbocycles. The van der Waals surface area contributed by atoms with Crippen LogP contribution in [0.4, 0.5) is 0 Å². The number of amides is 1. The first-order valence-corrected chi connectivity index (χ1v) is 10.8. The summed E-state index contributed by atoms with van der Waals surface area (Å²) in [7, 11) is 3.28. The molecule has 3 rings (SSSR count). The first-order chi connectivity index (χ1) is 14.5. The van der Waals surface area contributed by atoms with Crippen LogP contribution in [0.15, 0.2) is 36.4 Å². The fourth-order valence-electron chi connectivity index (χ4n) is 3.99. The van der Waals surface area contributed by atoms with Gasteiger partial charge in [-0.1, -0.05) is 32.9 Å². The average molecular weight is 412 g/mol. The van der Waals surface area contributed by atoms with Crippen molar-refractivity contribution in [3.63, 3.8) is 0 Å². The molecule has 0 radical (unpaired) electrons. The summed E-state index contributed by atoms with van der Waals surface area (Å²) >= 11 is 0. The van der Waals surface area contributed by atoms with Crippen LogP contribution in [0.5, 0.6) is 17.2 Å². The lowest BCUT2D eigenvalue weighted by Gasteiger charge is -2.37. The summed E-state index contributed by atoms with van der Waals surface area (Å²) in [4.78, 5) is 14.8. The molecule has 162 valence electrons. The average Bonchev–Trinajstić information content (AvgIpc) is 2.76. The highest BCUT2D eigenvalue weighted by atomic mass is 16.5. The normalized spacial score (nSPS) is 15.7. The quantitative estimate of drug-likeness (QED) is 0.604. The van der Waals surface area contributed by atoms with Gasteiger partial charge in [-0.3, -0.25) is 4.79 Å². The molecule has 0 saturated carbocycles. The number of methoxy groups -OCH3 is 2. The zero-order valence-electron chi connectivity index (χ0n) is 18.7. The fraction of sp³-hybridized carbons (Fsp3) is 0.480. The van der Waals surface area contributed by atoms with Gasteiger partial charge in [-0.05, 0) is 59.7 Å². The highest BCUT2D eigenvalue weighted by Crippen LogP contribution is 2.38. The lowest BCUT2D eigenvalue weighted by Crippen LogP contribution is -2.42. The number of ether oxygens (including phenoxy) is 3. The molecule has 1 atom stereocenters. The zero-order chi connectivity index (χ0) is 21.7. The van der Waals surface area contributed by atoms with Gasteiger partial charge in [0.05, 0.1) is 20.3 Å². The van der Waals surface area contributed by atoms with Gasteiger partial charge in [0.2, 0.25) is 5.91 Å². The third-order valence-corrected chi connectivity index (χ3v) is 5.74. The van der Waals surface area contributed by atoms with E-state index in [-0.39, 0.29) is 11.9 Å². The van der Waals surface area contributed by atoms with Crippen LogP contribution in [0, 0.1) is 0 Å². The molecule has 5 heteroatoms. The van der Waals surface area contributed by atoms with Crippen LogP contribution in [0.25, 0.3) is 0 Å². The molecule has 0 spiro atoms. The van der Waals surface area contributed by atoms with Gasteiger partial charge >= 0.3 is 0 Å². The first kappa shape index (κ1) is 22.0. The number of benzene rings is 2. The summed E-state index contributed by atoms with van der Waals surface area (Å²) in [5.74, 6) is 2.85. The number of carbonyl (C=O) groups is 1. The van der Waals surface area contributed by atoms with E-state index in [2.05, 4.69) is 26.0 Å². The van der Waals surface area contributed by atoms with Crippen LogP contribution in [-0.2, 0) is 11.2 Å². The van der Waals surface area contributed by atoms with Crippen LogP contribution in [-0.4, -0.2) is 38.2 Å². The molecule has 1 unspecified atom stereocenters. The summed E-state index contributed by atoms with van der Waals surface area (Å²) in [6.45, 7) is 7.47. The predicted octanol–water partition coefficient (Wildman–Crippen LogP) is 5.13. The molecule has 0 bridgehead atoms. The van der Waals surface area contributed by atoms with E-state index < -0.39 is 0 Å². The van der Waals surface area contributed by atoms with Crippen molar-refractivity contribution in [2.45, 2.75) is 52.0 Å². The minimum absolute atomic E-state index is 0.155. The second-order valence-corrected chi connectivity index (χ2v) is 8.04. The lowest BCUT2D eigenvalue weighted by atomic mass is 9.91. The maximum atomic E-state index is 12.8. The number of carbonyl (C=O) groups excluding carboxylic acids is 1. The molecule has 1 aliphatic heterocycles. The Hall–Kier alpha value is -2.69. The lowest BCUT2D eigenvalue weighted by molar-refractivity contribution is -0.135. The van der Waals surface area contributed by atoms with Gasteiger partial charge in [-0.25, -0.2) is 0 Å². The molecule has 2 aromatic rings. The smallest absolute Gasteiger partial charge is 0.223 e. The Kier molecular flexibility index (Phi) is 7.24. The van der Waals surface area contributed by atoms with Crippen molar-refractivity contribution in [3.8, 4) is 17.2 Å². The van der Waals surface area contributed by atoms with E-state index in [1.165, 1.54) is 11.1 Å². The van der Waals surface area contributed by atoms with Crippen molar-refractivity contribution in [3.05, 3.63) is 53.1 Å². The van der Waals surface area contributed by atoms with Gasteiger partial charge in [0.1, 0.15) is 12.4 Å². The first-order valence-electron chi connectivity index (χ1n) is 10.8. The number of rotatable bonds is 8. The van der Waals surface area contributed by atoms with Crippen molar-refractivity contribution >= 4 is 5.91 Å². The Bertz CT molecular complexity index is 860. The fourth-order valence-corrected chi connectivity index (χ4v) is 3.99. The molecular formula is C25H33NO4. The monoisotopic (exact) mass is 411 g/mol. The maximum absolute atomic E-state index is 12.8. The Morgan fingerprint density at radius 2 is 1.77 bits per heavy atom. The predicted molar refractivity (Wildman–Crippen MR) is 119 cm³/mol. The molecule has 1 heterocycles. The maximum Gasteiger partial charge on any atom is 0.223 e. The number of hydrogen-bond donors (Lipinski definition) is 0. The van der Waals surface area contributed by atoms with Crippen LogP contribution in [0.2, 0.25) is 0 Å². The summed E-state index contributed by atoms with van der Waals surface area (Å²) in [6.07, 6.45) is 2.17. The van der Waals surface area contributed by atoms with E-state index in [4.69, 9.17) is 14.2 Å². The van der Waals surface area contributed by atoms with Gasteiger partial charge in [0.25, 0.3) is 0 Å². The third-order valence-electron chi connectivity index (χ3n) is 5.74. The molecule has 0 saturated heterocycles. The SMILES string of the molecule is CCCC(=O)N1CCc2cc(OC)c(OC)cc2C1COc1ccc(C(C)C)cc1. The minimum Gasteiger partial charge on any atom is -0.493 e. The van der Waals surface area contributed by atoms with Gasteiger partial charge in [-0.2, -0.15) is 0 Å². The van der Waals surface area contributed by atoms with E-state index >= 15 is 0 Å². The van der Waals surface area contributed by atoms with Crippen LogP contribution < -0.4 is 14.2 Å². The topological polar surface area (TPSA) is 48.0 Å². The summed E-state index contributed by atoms with van der Waals surface area (Å²) < 4.78 is 17.2. The van der Waals surface area contributed by atoms with Gasteiger partial charge < -0.3 is 19.1 Å². The molecule has 30 heavy (non-hydrogen) atoms. The Balaban J connectivity index is 1.89. The molecule has 0 aliphatic carbocycles. The van der Waals surface area contributed by atoms with E-state index in [9.17, 15) is 4.79 Å². The van der Waals surface area contributed by atoms with E-state index in [1.54, 1.807) is 14.2 Å². The van der Waals surface area contributed by atoms with Crippen LogP contribution in [0.3, 0.4) is 0 Å². The molecule has 5 nitrogen and oxygen atoms in total. The van der Waals surface area contributed by atoms with Crippen molar-refractivity contribution in [2.24, 2.45) is 0 Å². The third kappa shape index (κ3) is 4.72. The molecule has 0 aromatic heterocycles. The standard InChI is InChI=1S/C25H33NO4/c1-6-7-25(27)26-13-12-19-14-23(28-4)24(29-5)15-21(19)22(26)16-30-20-10-8-18(9-11-20)17(2)3/h8-11,14-15,17,22H,6-7,12-13,16H2,1-5H3. The van der Waals surface area contributed by atoms with Gasteiger partial charge in [0, 0.05) is 13.0 Å². The molecule has 0 fully saturated rings. The molecule has 1 aliphatic rings. The van der Waals surface area contributed by atoms with E-state index in [0.29, 0.717) is 37.0 Å². The second-order valence-electron chi connectivity index (χ2n) is 8.04. The zero-order valence-corrected chi connectivity index (χ0v) is 18.7. The number of hydrogen-bond acceptors (Lipinski definition) is 4. The molecular weight excluding hydrogens is 378 g/mol. The Morgan fingerprint density at radius 1 is 1.10 bits per heavy atom. The van der Waals surface area contributed by atoms with Gasteiger partial charge in [0.15, 0.2) is 11.5 Å². The van der Waals surface area contributed by atoms with Crippen LogP contribution in [0.1, 0.15) is 62.3 Å². The highest BCUT2D eigenvalue weighted by Gasteiger charge is 2.32. The van der Waals surface area contributed by atoms with Crippen molar-refractivity contribution in [1.82, 2.24) is 4.90 Å². The minimum atomic E-state index is -0.155. The Labute approximate surface area is 179 Å². The van der Waals surface area contributed by atoms with Crippen molar-refractivity contribution < 1.29 is 19.0 Å². The number of fused-ring (bicyclic) bond motifs is 1. The van der Waals surface area contributed by atoms with Crippen LogP contribution >= 0.6 is 0 Å². The second kappa shape index (κ2) is 9.88. The number of nitrogens with zero attached hydrogens (tertiary/aromatic N) is 1. The van der Waals surface area contributed by atoms with Crippen molar-refractivity contribution in [2.75, 3.05) is 27.4 Å². The molecule has 1 amide bonds. The summed E-state index contributed by atoms with van der Waals surface area (Å²) in [6, 6.07) is 12.1. The van der Waals surface area contributed by atoms with E-state index in [0.717, 1.165) is 24.2 Å². The highest BCUT2D eigenvalue weighted by molar-refractivity contribution is 5.77. The van der Waals surface area contributed by atoms with E-state index in [1.807, 2.05) is 36.1 Å². The Morgan fingerprint density at radius 3 is 2.37 bits per heavy atom.